The summed E-state index contributed by atoms with van der Waals surface area (Å²) in [5.74, 6) is -1.20. The number of thioether (sulfide) groups is 1. The Kier molecular flexibility index (Phi) is 5.18. The summed E-state index contributed by atoms with van der Waals surface area (Å²) >= 11 is 1.85. The molecule has 1 saturated carbocycles. The van der Waals surface area contributed by atoms with Gasteiger partial charge in [-0.2, -0.15) is 11.8 Å². The van der Waals surface area contributed by atoms with E-state index in [2.05, 4.69) is 11.6 Å². The van der Waals surface area contributed by atoms with Crippen LogP contribution in [0.25, 0.3) is 0 Å². The molecule has 0 aromatic heterocycles. The summed E-state index contributed by atoms with van der Waals surface area (Å²) in [5, 5.41) is 12.1. The van der Waals surface area contributed by atoms with Crippen LogP contribution in [0.2, 0.25) is 0 Å². The summed E-state index contributed by atoms with van der Waals surface area (Å²) in [5.41, 5.74) is 0. The second-order valence-electron chi connectivity index (χ2n) is 5.88. The number of carboxylic acid groups (broad SMARTS) is 1. The monoisotopic (exact) mass is 300 g/mol. The minimum absolute atomic E-state index is 0.101. The van der Waals surface area contributed by atoms with Crippen molar-refractivity contribution in [2.24, 2.45) is 5.92 Å². The average Bonchev–Trinajstić information content (AvgIpc) is 2.94. The predicted octanol–water partition coefficient (Wildman–Crippen LogP) is 2.17. The minimum atomic E-state index is -0.793. The van der Waals surface area contributed by atoms with Crippen molar-refractivity contribution in [2.45, 2.75) is 43.3 Å². The van der Waals surface area contributed by atoms with E-state index in [9.17, 15) is 9.59 Å². The SMILES string of the molecule is CSC1(CNC(=O)N2CCCC(C(=O)O)C2)CCCC1. The van der Waals surface area contributed by atoms with Crippen molar-refractivity contribution in [2.75, 3.05) is 25.9 Å². The van der Waals surface area contributed by atoms with E-state index in [4.69, 9.17) is 5.11 Å². The Labute approximate surface area is 124 Å². The number of carbonyl (C=O) groups is 2. The van der Waals surface area contributed by atoms with Crippen LogP contribution in [-0.2, 0) is 4.79 Å². The highest BCUT2D eigenvalue weighted by atomic mass is 32.2. The fourth-order valence-electron chi connectivity index (χ4n) is 3.18. The fourth-order valence-corrected chi connectivity index (χ4v) is 4.10. The summed E-state index contributed by atoms with van der Waals surface area (Å²) in [4.78, 5) is 24.9. The molecule has 5 nitrogen and oxygen atoms in total. The van der Waals surface area contributed by atoms with E-state index in [1.807, 2.05) is 11.8 Å². The Morgan fingerprint density at radius 3 is 2.65 bits per heavy atom. The van der Waals surface area contributed by atoms with Crippen molar-refractivity contribution in [1.29, 1.82) is 0 Å². The molecule has 0 spiro atoms. The van der Waals surface area contributed by atoms with E-state index in [0.717, 1.165) is 19.3 Å². The van der Waals surface area contributed by atoms with Crippen LogP contribution in [0.1, 0.15) is 38.5 Å². The van der Waals surface area contributed by atoms with Gasteiger partial charge in [0, 0.05) is 24.4 Å². The zero-order valence-corrected chi connectivity index (χ0v) is 12.9. The zero-order valence-electron chi connectivity index (χ0n) is 12.1. The third-order valence-corrected chi connectivity index (χ3v) is 5.99. The van der Waals surface area contributed by atoms with Crippen LogP contribution in [-0.4, -0.2) is 52.6 Å². The maximum atomic E-state index is 12.2. The lowest BCUT2D eigenvalue weighted by molar-refractivity contribution is -0.143. The smallest absolute Gasteiger partial charge is 0.317 e. The Balaban J connectivity index is 1.83. The number of nitrogens with one attached hydrogen (secondary N) is 1. The van der Waals surface area contributed by atoms with Crippen LogP contribution in [0.5, 0.6) is 0 Å². The molecule has 0 radical (unpaired) electrons. The fraction of sp³-hybridized carbons (Fsp3) is 0.857. The van der Waals surface area contributed by atoms with Crippen molar-refractivity contribution in [3.8, 4) is 0 Å². The zero-order chi connectivity index (χ0) is 14.6. The third kappa shape index (κ3) is 3.59. The Bertz CT molecular complexity index is 369. The van der Waals surface area contributed by atoms with Crippen molar-refractivity contribution < 1.29 is 14.7 Å². The van der Waals surface area contributed by atoms with Gasteiger partial charge in [0.1, 0.15) is 0 Å². The van der Waals surface area contributed by atoms with E-state index in [0.29, 0.717) is 26.1 Å². The van der Waals surface area contributed by atoms with Crippen LogP contribution in [0.15, 0.2) is 0 Å². The molecule has 1 heterocycles. The van der Waals surface area contributed by atoms with E-state index < -0.39 is 11.9 Å². The van der Waals surface area contributed by atoms with Gasteiger partial charge in [0.15, 0.2) is 0 Å². The van der Waals surface area contributed by atoms with E-state index in [-0.39, 0.29) is 10.8 Å². The molecule has 1 aliphatic carbocycles. The van der Waals surface area contributed by atoms with Gasteiger partial charge < -0.3 is 15.3 Å². The molecule has 0 aromatic rings. The number of rotatable bonds is 4. The maximum absolute atomic E-state index is 12.2. The highest BCUT2D eigenvalue weighted by Crippen LogP contribution is 2.39. The minimum Gasteiger partial charge on any atom is -0.481 e. The van der Waals surface area contributed by atoms with Crippen molar-refractivity contribution in [3.05, 3.63) is 0 Å². The number of likely N-dealkylation sites (tertiary alicyclic amines) is 1. The first-order valence-corrected chi connectivity index (χ1v) is 8.59. The van der Waals surface area contributed by atoms with Gasteiger partial charge in [0.05, 0.1) is 5.92 Å². The van der Waals surface area contributed by atoms with Crippen molar-refractivity contribution >= 4 is 23.8 Å². The summed E-state index contributed by atoms with van der Waals surface area (Å²) in [6.45, 7) is 1.70. The lowest BCUT2D eigenvalue weighted by Gasteiger charge is -2.33. The molecule has 0 bridgehead atoms. The molecule has 6 heteroatoms. The van der Waals surface area contributed by atoms with Gasteiger partial charge in [-0.25, -0.2) is 4.79 Å². The first kappa shape index (κ1) is 15.5. The van der Waals surface area contributed by atoms with E-state index in [1.54, 1.807) is 4.90 Å². The molecule has 1 unspecified atom stereocenters. The Morgan fingerprint density at radius 2 is 2.05 bits per heavy atom. The lowest BCUT2D eigenvalue weighted by Crippen LogP contribution is -2.49. The first-order valence-electron chi connectivity index (χ1n) is 7.37. The van der Waals surface area contributed by atoms with E-state index >= 15 is 0 Å². The topological polar surface area (TPSA) is 69.6 Å². The van der Waals surface area contributed by atoms with Gasteiger partial charge in [-0.05, 0) is 31.9 Å². The number of piperidine rings is 1. The van der Waals surface area contributed by atoms with Gasteiger partial charge in [0.25, 0.3) is 0 Å². The molecule has 20 heavy (non-hydrogen) atoms. The van der Waals surface area contributed by atoms with Crippen LogP contribution in [0.3, 0.4) is 0 Å². The number of hydrogen-bond donors (Lipinski definition) is 2. The second kappa shape index (κ2) is 6.70. The first-order chi connectivity index (χ1) is 9.56. The van der Waals surface area contributed by atoms with Crippen molar-refractivity contribution in [3.63, 3.8) is 0 Å². The van der Waals surface area contributed by atoms with Gasteiger partial charge in [-0.3, -0.25) is 4.79 Å². The van der Waals surface area contributed by atoms with Gasteiger partial charge in [-0.15, -0.1) is 0 Å². The number of carboxylic acids is 1. The molecule has 1 aliphatic heterocycles. The number of nitrogens with zero attached hydrogens (tertiary/aromatic N) is 1. The second-order valence-corrected chi connectivity index (χ2v) is 7.15. The van der Waals surface area contributed by atoms with Gasteiger partial charge in [0.2, 0.25) is 0 Å². The maximum Gasteiger partial charge on any atom is 0.317 e. The van der Waals surface area contributed by atoms with Crippen molar-refractivity contribution in [1.82, 2.24) is 10.2 Å². The highest BCUT2D eigenvalue weighted by Gasteiger charge is 2.34. The number of amides is 2. The Hall–Kier alpha value is -0.910. The average molecular weight is 300 g/mol. The lowest BCUT2D eigenvalue weighted by atomic mass is 9.99. The molecule has 0 aromatic carbocycles. The summed E-state index contributed by atoms with van der Waals surface area (Å²) in [6.07, 6.45) is 8.35. The molecule has 1 atom stereocenters. The van der Waals surface area contributed by atoms with Gasteiger partial charge in [-0.1, -0.05) is 12.8 Å². The number of carbonyl (C=O) groups excluding carboxylic acids is 1. The summed E-state index contributed by atoms with van der Waals surface area (Å²) in [7, 11) is 0. The van der Waals surface area contributed by atoms with E-state index in [1.165, 1.54) is 12.8 Å². The van der Waals surface area contributed by atoms with Crippen LogP contribution in [0, 0.1) is 5.92 Å². The third-order valence-electron chi connectivity index (χ3n) is 4.57. The van der Waals surface area contributed by atoms with Gasteiger partial charge >= 0.3 is 12.0 Å². The summed E-state index contributed by atoms with van der Waals surface area (Å²) < 4.78 is 0.192. The normalized spacial score (nSPS) is 25.4. The molecular formula is C14H24N2O3S. The molecule has 1 saturated heterocycles. The molecule has 2 fully saturated rings. The number of aliphatic carboxylic acids is 1. The number of urea groups is 1. The van der Waals surface area contributed by atoms with Crippen LogP contribution in [0.4, 0.5) is 4.79 Å². The Morgan fingerprint density at radius 1 is 1.35 bits per heavy atom. The van der Waals surface area contributed by atoms with Crippen LogP contribution < -0.4 is 5.32 Å². The molecule has 2 N–H and O–H groups in total. The largest absolute Gasteiger partial charge is 0.481 e. The molecule has 2 rings (SSSR count). The standard InChI is InChI=1S/C14H24N2O3S/c1-20-14(6-2-3-7-14)10-15-13(19)16-8-4-5-11(9-16)12(17)18/h11H,2-10H2,1H3,(H,15,19)(H,17,18). The molecule has 114 valence electrons. The molecule has 2 aliphatic rings. The summed E-state index contributed by atoms with van der Waals surface area (Å²) in [6, 6.07) is -0.101. The predicted molar refractivity (Wildman–Crippen MR) is 80.0 cm³/mol. The molecular weight excluding hydrogens is 276 g/mol. The highest BCUT2D eigenvalue weighted by molar-refractivity contribution is 8.00. The molecule has 2 amide bonds. The quantitative estimate of drug-likeness (QED) is 0.835. The van der Waals surface area contributed by atoms with Crippen LogP contribution >= 0.6 is 11.8 Å². The number of hydrogen-bond acceptors (Lipinski definition) is 3.